The Morgan fingerprint density at radius 1 is 0.964 bits per heavy atom. The van der Waals surface area contributed by atoms with E-state index < -0.39 is 16.0 Å². The third kappa shape index (κ3) is 4.05. The zero-order valence-corrected chi connectivity index (χ0v) is 15.6. The van der Waals surface area contributed by atoms with E-state index in [0.717, 1.165) is 5.56 Å². The van der Waals surface area contributed by atoms with Crippen molar-refractivity contribution in [2.45, 2.75) is 11.4 Å². The van der Waals surface area contributed by atoms with Crippen molar-refractivity contribution >= 4 is 21.7 Å². The maximum Gasteiger partial charge on any atom is 0.335 e. The summed E-state index contributed by atoms with van der Waals surface area (Å²) in [4.78, 5) is 11.0. The molecule has 0 unspecified atom stereocenters. The summed E-state index contributed by atoms with van der Waals surface area (Å²) in [7, 11) is -3.95. The number of carboxylic acids is 1. The highest BCUT2D eigenvalue weighted by Crippen LogP contribution is 2.27. The van der Waals surface area contributed by atoms with Crippen LogP contribution in [0.2, 0.25) is 0 Å². The molecule has 0 radical (unpaired) electrons. The summed E-state index contributed by atoms with van der Waals surface area (Å²) in [5, 5.41) is 9.04. The average molecular weight is 391 g/mol. The van der Waals surface area contributed by atoms with Crippen LogP contribution in [0.1, 0.15) is 21.5 Å². The third-order valence-corrected chi connectivity index (χ3v) is 5.95. The number of anilines is 1. The molecule has 0 saturated carbocycles. The average Bonchev–Trinajstić information content (AvgIpc) is 2.72. The molecule has 0 fully saturated rings. The number of benzene rings is 3. The summed E-state index contributed by atoms with van der Waals surface area (Å²) in [5.74, 6) is 1.39. The molecule has 5 nitrogen and oxygen atoms in total. The lowest BCUT2D eigenvalue weighted by atomic mass is 10.2. The van der Waals surface area contributed by atoms with Crippen molar-refractivity contribution in [1.82, 2.24) is 0 Å². The van der Waals surface area contributed by atoms with Gasteiger partial charge in [0.15, 0.2) is 0 Å². The summed E-state index contributed by atoms with van der Waals surface area (Å²) in [6.07, 6.45) is 5.46. The van der Waals surface area contributed by atoms with E-state index in [4.69, 9.17) is 11.5 Å². The van der Waals surface area contributed by atoms with Gasteiger partial charge in [-0.3, -0.25) is 4.31 Å². The number of terminal acetylenes is 1. The van der Waals surface area contributed by atoms with E-state index in [1.807, 2.05) is 30.3 Å². The topological polar surface area (TPSA) is 74.7 Å². The number of carbonyl (C=O) groups is 1. The molecule has 1 N–H and O–H groups in total. The van der Waals surface area contributed by atoms with Crippen LogP contribution >= 0.6 is 0 Å². The summed E-state index contributed by atoms with van der Waals surface area (Å²) in [6.45, 7) is 0.109. The molecule has 140 valence electrons. The van der Waals surface area contributed by atoms with Crippen molar-refractivity contribution in [1.29, 1.82) is 0 Å². The lowest BCUT2D eigenvalue weighted by Crippen LogP contribution is -2.30. The Morgan fingerprint density at radius 3 is 2.25 bits per heavy atom. The maximum atomic E-state index is 13.3. The molecule has 0 atom stereocenters. The minimum Gasteiger partial charge on any atom is -0.478 e. The first-order chi connectivity index (χ1) is 13.4. The summed E-state index contributed by atoms with van der Waals surface area (Å²) >= 11 is 0. The molecule has 28 heavy (non-hydrogen) atoms. The number of hydrogen-bond donors (Lipinski definition) is 1. The Bertz CT molecular complexity index is 1130. The van der Waals surface area contributed by atoms with E-state index in [2.05, 4.69) is 5.92 Å². The fraction of sp³-hybridized carbons (Fsp3) is 0.0455. The molecule has 0 saturated heterocycles. The smallest absolute Gasteiger partial charge is 0.335 e. The van der Waals surface area contributed by atoms with Crippen molar-refractivity contribution in [3.05, 3.63) is 95.6 Å². The van der Waals surface area contributed by atoms with Gasteiger partial charge in [0, 0.05) is 5.56 Å². The van der Waals surface area contributed by atoms with Crippen LogP contribution in [0.15, 0.2) is 83.8 Å². The van der Waals surface area contributed by atoms with E-state index in [0.29, 0.717) is 11.3 Å². The Morgan fingerprint density at radius 2 is 1.64 bits per heavy atom. The van der Waals surface area contributed by atoms with Crippen molar-refractivity contribution in [2.75, 3.05) is 4.31 Å². The van der Waals surface area contributed by atoms with Crippen LogP contribution in [-0.2, 0) is 16.6 Å². The quantitative estimate of drug-likeness (QED) is 0.649. The van der Waals surface area contributed by atoms with Gasteiger partial charge in [-0.2, -0.15) is 0 Å². The van der Waals surface area contributed by atoms with Crippen LogP contribution < -0.4 is 4.31 Å². The van der Waals surface area contributed by atoms with Gasteiger partial charge in [-0.15, -0.1) is 6.42 Å². The number of carboxylic acid groups (broad SMARTS) is 1. The zero-order valence-electron chi connectivity index (χ0n) is 14.8. The SMILES string of the molecule is C#Cc1cccc(N(Cc2ccccc2)S(=O)(=O)c2ccc(C(=O)O)cc2)c1. The van der Waals surface area contributed by atoms with Crippen molar-refractivity contribution in [2.24, 2.45) is 0 Å². The van der Waals surface area contributed by atoms with Gasteiger partial charge in [0.25, 0.3) is 10.0 Å². The van der Waals surface area contributed by atoms with Crippen LogP contribution in [0.4, 0.5) is 5.69 Å². The minimum atomic E-state index is -3.95. The lowest BCUT2D eigenvalue weighted by Gasteiger charge is -2.25. The molecule has 0 aromatic heterocycles. The van der Waals surface area contributed by atoms with E-state index in [1.54, 1.807) is 24.3 Å². The van der Waals surface area contributed by atoms with Crippen LogP contribution in [-0.4, -0.2) is 19.5 Å². The molecule has 0 spiro atoms. The van der Waals surface area contributed by atoms with Gasteiger partial charge in [0.1, 0.15) is 0 Å². The largest absolute Gasteiger partial charge is 0.478 e. The van der Waals surface area contributed by atoms with E-state index in [-0.39, 0.29) is 17.0 Å². The molecule has 0 heterocycles. The first kappa shape index (κ1) is 19.2. The molecule has 0 aliphatic rings. The molecule has 3 aromatic carbocycles. The number of nitrogens with zero attached hydrogens (tertiary/aromatic N) is 1. The van der Waals surface area contributed by atoms with Crippen molar-refractivity contribution in [3.63, 3.8) is 0 Å². The monoisotopic (exact) mass is 391 g/mol. The highest BCUT2D eigenvalue weighted by atomic mass is 32.2. The van der Waals surface area contributed by atoms with Gasteiger partial charge in [-0.1, -0.05) is 42.3 Å². The van der Waals surface area contributed by atoms with Gasteiger partial charge in [-0.25, -0.2) is 13.2 Å². The van der Waals surface area contributed by atoms with Crippen molar-refractivity contribution in [3.8, 4) is 12.3 Å². The fourth-order valence-electron chi connectivity index (χ4n) is 2.71. The van der Waals surface area contributed by atoms with Gasteiger partial charge < -0.3 is 5.11 Å². The molecule has 0 bridgehead atoms. The summed E-state index contributed by atoms with van der Waals surface area (Å²) in [5.41, 5.74) is 1.82. The van der Waals surface area contributed by atoms with E-state index >= 15 is 0 Å². The summed E-state index contributed by atoms with van der Waals surface area (Å²) < 4.78 is 28.0. The number of hydrogen-bond acceptors (Lipinski definition) is 3. The number of sulfonamides is 1. The maximum absolute atomic E-state index is 13.3. The second-order valence-corrected chi connectivity index (χ2v) is 7.88. The van der Waals surface area contributed by atoms with E-state index in [1.165, 1.54) is 28.6 Å². The third-order valence-electron chi connectivity index (χ3n) is 4.16. The van der Waals surface area contributed by atoms with Gasteiger partial charge in [0.2, 0.25) is 0 Å². The van der Waals surface area contributed by atoms with Crippen molar-refractivity contribution < 1.29 is 18.3 Å². The second kappa shape index (κ2) is 7.99. The van der Waals surface area contributed by atoms with E-state index in [9.17, 15) is 13.2 Å². The van der Waals surface area contributed by atoms with Crippen LogP contribution in [0, 0.1) is 12.3 Å². The number of aromatic carboxylic acids is 1. The zero-order chi connectivity index (χ0) is 20.1. The lowest BCUT2D eigenvalue weighted by molar-refractivity contribution is 0.0696. The van der Waals surface area contributed by atoms with Crippen LogP contribution in [0.5, 0.6) is 0 Å². The molecular formula is C22H17NO4S. The Balaban J connectivity index is 2.08. The van der Waals surface area contributed by atoms with Crippen LogP contribution in [0.3, 0.4) is 0 Å². The highest BCUT2D eigenvalue weighted by molar-refractivity contribution is 7.92. The molecular weight excluding hydrogens is 374 g/mol. The first-order valence-electron chi connectivity index (χ1n) is 8.38. The molecule has 0 amide bonds. The highest BCUT2D eigenvalue weighted by Gasteiger charge is 2.25. The predicted molar refractivity (Wildman–Crippen MR) is 108 cm³/mol. The molecule has 3 aromatic rings. The fourth-order valence-corrected chi connectivity index (χ4v) is 4.16. The Labute approximate surface area is 163 Å². The van der Waals surface area contributed by atoms with Gasteiger partial charge >= 0.3 is 5.97 Å². The Hall–Kier alpha value is -3.56. The minimum absolute atomic E-state index is 0.000424. The first-order valence-corrected chi connectivity index (χ1v) is 9.82. The molecule has 0 aliphatic carbocycles. The molecule has 0 aliphatic heterocycles. The standard InChI is InChI=1S/C22H17NO4S/c1-2-17-9-6-10-20(15-17)23(16-18-7-4-3-5-8-18)28(26,27)21-13-11-19(12-14-21)22(24)25/h1,3-15H,16H2,(H,24,25). The molecule has 3 rings (SSSR count). The number of rotatable bonds is 6. The predicted octanol–water partition coefficient (Wildman–Crippen LogP) is 3.76. The van der Waals surface area contributed by atoms with Gasteiger partial charge in [0.05, 0.1) is 22.7 Å². The molecule has 6 heteroatoms. The van der Waals surface area contributed by atoms with Crippen LogP contribution in [0.25, 0.3) is 0 Å². The summed E-state index contributed by atoms with van der Waals surface area (Å²) in [6, 6.07) is 21.0. The normalized spacial score (nSPS) is 10.8. The second-order valence-electron chi connectivity index (χ2n) is 6.02. The Kier molecular flexibility index (Phi) is 5.48. The van der Waals surface area contributed by atoms with Gasteiger partial charge in [-0.05, 0) is 48.0 Å².